The molecule has 0 spiro atoms. The van der Waals surface area contributed by atoms with Gasteiger partial charge in [0.2, 0.25) is 0 Å². The van der Waals surface area contributed by atoms with Crippen molar-refractivity contribution in [1.82, 2.24) is 15.4 Å². The minimum absolute atomic E-state index is 0.196. The number of para-hydroxylation sites is 2. The summed E-state index contributed by atoms with van der Waals surface area (Å²) >= 11 is 4.81. The number of aromatic amines is 1. The van der Waals surface area contributed by atoms with Gasteiger partial charge < -0.3 is 9.72 Å². The Balaban J connectivity index is 1.49. The number of carbonyl (C=O) groups is 1. The summed E-state index contributed by atoms with van der Waals surface area (Å²) in [6.07, 6.45) is 2.55. The van der Waals surface area contributed by atoms with Crippen LogP contribution in [-0.4, -0.2) is 34.4 Å². The number of H-pyrrole nitrogens is 1. The van der Waals surface area contributed by atoms with Crippen LogP contribution in [0, 0.1) is 0 Å². The summed E-state index contributed by atoms with van der Waals surface area (Å²) in [6.45, 7) is 2.73. The number of aromatic nitrogens is 2. The van der Waals surface area contributed by atoms with Crippen molar-refractivity contribution in [3.8, 4) is 5.75 Å². The lowest BCUT2D eigenvalue weighted by molar-refractivity contribution is -0.118. The Bertz CT molecular complexity index is 925. The number of fused-ring (bicyclic) bond motifs is 1. The normalized spacial score (nSPS) is 11.2. The third kappa shape index (κ3) is 5.58. The van der Waals surface area contributed by atoms with Crippen molar-refractivity contribution in [2.75, 3.05) is 12.4 Å². The molecule has 140 valence electrons. The van der Waals surface area contributed by atoms with Gasteiger partial charge in [-0.15, -0.1) is 0 Å². The molecule has 1 heterocycles. The standard InChI is InChI=1S/C19H19BrN4O2S/c1-2-9-26-17-8-7-13(10-14(17)20)11-21-24-18(25)12-27-19-22-15-5-3-4-6-16(15)23-19/h3-8,10-11H,2,9,12H2,1H3,(H,22,23)(H,24,25)/b21-11-. The molecule has 1 aromatic heterocycles. The fraction of sp³-hybridized carbons (Fsp3) is 0.211. The smallest absolute Gasteiger partial charge is 0.250 e. The maximum atomic E-state index is 11.9. The van der Waals surface area contributed by atoms with Crippen LogP contribution >= 0.6 is 27.7 Å². The van der Waals surface area contributed by atoms with Crippen LogP contribution in [0.1, 0.15) is 18.9 Å². The van der Waals surface area contributed by atoms with E-state index in [4.69, 9.17) is 4.74 Å². The van der Waals surface area contributed by atoms with Gasteiger partial charge in [-0.3, -0.25) is 4.79 Å². The average molecular weight is 447 g/mol. The van der Waals surface area contributed by atoms with Gasteiger partial charge >= 0.3 is 0 Å². The van der Waals surface area contributed by atoms with E-state index in [-0.39, 0.29) is 11.7 Å². The summed E-state index contributed by atoms with van der Waals surface area (Å²) < 4.78 is 6.46. The molecule has 0 fully saturated rings. The summed E-state index contributed by atoms with van der Waals surface area (Å²) in [5.74, 6) is 0.823. The average Bonchev–Trinajstić information content (AvgIpc) is 3.09. The SMILES string of the molecule is CCCOc1ccc(/C=N\NC(=O)CSc2nc3ccccc3[nH]2)cc1Br. The van der Waals surface area contributed by atoms with Crippen LogP contribution in [0.5, 0.6) is 5.75 Å². The Morgan fingerprint density at radius 3 is 3.00 bits per heavy atom. The Morgan fingerprint density at radius 1 is 1.37 bits per heavy atom. The number of rotatable bonds is 8. The van der Waals surface area contributed by atoms with E-state index in [1.54, 1.807) is 6.21 Å². The molecule has 2 N–H and O–H groups in total. The molecule has 8 heteroatoms. The first-order valence-electron chi connectivity index (χ1n) is 8.47. The van der Waals surface area contributed by atoms with E-state index in [0.29, 0.717) is 11.8 Å². The van der Waals surface area contributed by atoms with Gasteiger partial charge in [-0.1, -0.05) is 30.8 Å². The Labute approximate surface area is 169 Å². The first-order chi connectivity index (χ1) is 13.2. The molecule has 3 aromatic rings. The molecule has 0 bridgehead atoms. The lowest BCUT2D eigenvalue weighted by atomic mass is 10.2. The van der Waals surface area contributed by atoms with Gasteiger partial charge in [0.15, 0.2) is 5.16 Å². The second kappa shape index (κ2) is 9.57. The van der Waals surface area contributed by atoms with Crippen LogP contribution in [0.3, 0.4) is 0 Å². The Kier molecular flexibility index (Phi) is 6.89. The molecule has 6 nitrogen and oxygen atoms in total. The highest BCUT2D eigenvalue weighted by atomic mass is 79.9. The maximum absolute atomic E-state index is 11.9. The molecule has 0 aliphatic heterocycles. The van der Waals surface area contributed by atoms with Crippen molar-refractivity contribution in [2.24, 2.45) is 5.10 Å². The van der Waals surface area contributed by atoms with Gasteiger partial charge in [-0.25, -0.2) is 10.4 Å². The van der Waals surface area contributed by atoms with Crippen molar-refractivity contribution in [3.05, 3.63) is 52.5 Å². The second-order valence-electron chi connectivity index (χ2n) is 5.68. The molecule has 0 radical (unpaired) electrons. The first-order valence-corrected chi connectivity index (χ1v) is 10.3. The molecule has 2 aromatic carbocycles. The van der Waals surface area contributed by atoms with Crippen molar-refractivity contribution < 1.29 is 9.53 Å². The number of nitrogens with one attached hydrogen (secondary N) is 2. The van der Waals surface area contributed by atoms with Crippen LogP contribution in [0.15, 0.2) is 57.2 Å². The number of thioether (sulfide) groups is 1. The van der Waals surface area contributed by atoms with Crippen molar-refractivity contribution in [2.45, 2.75) is 18.5 Å². The molecule has 0 aliphatic carbocycles. The molecular formula is C19H19BrN4O2S. The molecule has 3 rings (SSSR count). The zero-order valence-corrected chi connectivity index (χ0v) is 17.1. The summed E-state index contributed by atoms with van der Waals surface area (Å²) in [7, 11) is 0. The highest BCUT2D eigenvalue weighted by Crippen LogP contribution is 2.25. The number of benzene rings is 2. The van der Waals surface area contributed by atoms with Crippen LogP contribution in [-0.2, 0) is 4.79 Å². The van der Waals surface area contributed by atoms with Gasteiger partial charge in [0, 0.05) is 0 Å². The first kappa shape index (κ1) is 19.4. The molecule has 0 saturated carbocycles. The van der Waals surface area contributed by atoms with E-state index >= 15 is 0 Å². The number of halogens is 1. The Morgan fingerprint density at radius 2 is 2.22 bits per heavy atom. The number of carbonyl (C=O) groups excluding carboxylic acids is 1. The number of amides is 1. The summed E-state index contributed by atoms with van der Waals surface area (Å²) in [5, 5.41) is 4.71. The largest absolute Gasteiger partial charge is 0.492 e. The molecule has 0 unspecified atom stereocenters. The second-order valence-corrected chi connectivity index (χ2v) is 7.50. The zero-order chi connectivity index (χ0) is 19.1. The third-order valence-corrected chi connectivity index (χ3v) is 5.02. The van der Waals surface area contributed by atoms with Crippen molar-refractivity contribution >= 4 is 50.8 Å². The number of imidazole rings is 1. The number of hydrazone groups is 1. The van der Waals surface area contributed by atoms with E-state index in [2.05, 4.69) is 43.3 Å². The van der Waals surface area contributed by atoms with Crippen LogP contribution in [0.2, 0.25) is 0 Å². The number of nitrogens with zero attached hydrogens (tertiary/aromatic N) is 2. The lowest BCUT2D eigenvalue weighted by Crippen LogP contribution is -2.19. The van der Waals surface area contributed by atoms with E-state index in [0.717, 1.165) is 33.2 Å². The van der Waals surface area contributed by atoms with Gasteiger partial charge in [0.1, 0.15) is 5.75 Å². The molecule has 0 aliphatic rings. The molecule has 27 heavy (non-hydrogen) atoms. The van der Waals surface area contributed by atoms with Crippen molar-refractivity contribution in [3.63, 3.8) is 0 Å². The third-order valence-electron chi connectivity index (χ3n) is 3.53. The quantitative estimate of drug-likeness (QED) is 0.306. The number of ether oxygens (including phenoxy) is 1. The topological polar surface area (TPSA) is 79.4 Å². The van der Waals surface area contributed by atoms with E-state index < -0.39 is 0 Å². The minimum atomic E-state index is -0.196. The summed E-state index contributed by atoms with van der Waals surface area (Å²) in [4.78, 5) is 19.5. The maximum Gasteiger partial charge on any atom is 0.250 e. The van der Waals surface area contributed by atoms with Crippen molar-refractivity contribution in [1.29, 1.82) is 0 Å². The fourth-order valence-electron chi connectivity index (χ4n) is 2.27. The molecular weight excluding hydrogens is 428 g/mol. The molecule has 1 amide bonds. The predicted molar refractivity (Wildman–Crippen MR) is 112 cm³/mol. The van der Waals surface area contributed by atoms with Crippen LogP contribution < -0.4 is 10.2 Å². The highest BCUT2D eigenvalue weighted by Gasteiger charge is 2.06. The monoisotopic (exact) mass is 446 g/mol. The van der Waals surface area contributed by atoms with Crippen LogP contribution in [0.25, 0.3) is 11.0 Å². The number of hydrogen-bond donors (Lipinski definition) is 2. The van der Waals surface area contributed by atoms with E-state index in [1.807, 2.05) is 42.5 Å². The molecule has 0 atom stereocenters. The van der Waals surface area contributed by atoms with Gasteiger partial charge in [0.05, 0.1) is 34.1 Å². The van der Waals surface area contributed by atoms with Gasteiger partial charge in [0.25, 0.3) is 5.91 Å². The highest BCUT2D eigenvalue weighted by molar-refractivity contribution is 9.10. The lowest BCUT2D eigenvalue weighted by Gasteiger charge is -2.07. The fourth-order valence-corrected chi connectivity index (χ4v) is 3.46. The van der Waals surface area contributed by atoms with Gasteiger partial charge in [-0.05, 0) is 58.2 Å². The predicted octanol–water partition coefficient (Wildman–Crippen LogP) is 4.36. The number of hydrogen-bond acceptors (Lipinski definition) is 5. The summed E-state index contributed by atoms with van der Waals surface area (Å²) in [6, 6.07) is 13.4. The zero-order valence-electron chi connectivity index (χ0n) is 14.7. The molecule has 0 saturated heterocycles. The van der Waals surface area contributed by atoms with Gasteiger partial charge in [-0.2, -0.15) is 5.10 Å². The minimum Gasteiger partial charge on any atom is -0.492 e. The van der Waals surface area contributed by atoms with Crippen LogP contribution in [0.4, 0.5) is 0 Å². The van der Waals surface area contributed by atoms with E-state index in [9.17, 15) is 4.79 Å². The summed E-state index contributed by atoms with van der Waals surface area (Å²) in [5.41, 5.74) is 5.22. The Hall–Kier alpha value is -2.32. The van der Waals surface area contributed by atoms with E-state index in [1.165, 1.54) is 11.8 Å².